The average Bonchev–Trinajstić information content (AvgIpc) is 2.26. The molecule has 90 valence electrons. The van der Waals surface area contributed by atoms with Crippen LogP contribution in [-0.2, 0) is 0 Å². The third-order valence-electron chi connectivity index (χ3n) is 2.86. The highest BCUT2D eigenvalue weighted by molar-refractivity contribution is 5.27. The van der Waals surface area contributed by atoms with Gasteiger partial charge in [0.25, 0.3) is 0 Å². The Bertz CT molecular complexity index is 308. The van der Waals surface area contributed by atoms with Gasteiger partial charge in [-0.25, -0.2) is 0 Å². The first-order valence-corrected chi connectivity index (χ1v) is 5.70. The summed E-state index contributed by atoms with van der Waals surface area (Å²) in [5.41, 5.74) is 1.11. The molecule has 0 bridgehead atoms. The molecule has 0 radical (unpaired) electrons. The molecule has 0 amide bonds. The first-order chi connectivity index (χ1) is 7.54. The summed E-state index contributed by atoms with van der Waals surface area (Å²) in [5, 5.41) is 21.8. The zero-order valence-corrected chi connectivity index (χ0v) is 10.1. The summed E-state index contributed by atoms with van der Waals surface area (Å²) in [5.74, 6) is 0.670. The van der Waals surface area contributed by atoms with Gasteiger partial charge < -0.3 is 15.5 Å². The predicted octanol–water partition coefficient (Wildman–Crippen LogP) is 2.06. The number of aliphatic hydroxyl groups excluding tert-OH is 1. The lowest BCUT2D eigenvalue weighted by Crippen LogP contribution is -2.38. The fourth-order valence-electron chi connectivity index (χ4n) is 1.64. The topological polar surface area (TPSA) is 52.5 Å². The summed E-state index contributed by atoms with van der Waals surface area (Å²) in [6, 6.07) is 7.40. The molecule has 0 aliphatic carbocycles. The van der Waals surface area contributed by atoms with E-state index in [1.54, 1.807) is 12.1 Å². The normalized spacial score (nSPS) is 15.1. The minimum atomic E-state index is 0.101. The van der Waals surface area contributed by atoms with Crippen molar-refractivity contribution in [3.05, 3.63) is 29.8 Å². The number of phenolic OH excluding ortho intramolecular Hbond substituents is 1. The van der Waals surface area contributed by atoms with Crippen LogP contribution in [0.1, 0.15) is 32.4 Å². The van der Waals surface area contributed by atoms with Gasteiger partial charge in [0.2, 0.25) is 0 Å². The first-order valence-electron chi connectivity index (χ1n) is 5.70. The van der Waals surface area contributed by atoms with E-state index in [1.165, 1.54) is 0 Å². The van der Waals surface area contributed by atoms with Gasteiger partial charge in [-0.1, -0.05) is 26.0 Å². The van der Waals surface area contributed by atoms with Crippen LogP contribution in [0.15, 0.2) is 24.3 Å². The summed E-state index contributed by atoms with van der Waals surface area (Å²) in [7, 11) is 0. The van der Waals surface area contributed by atoms with Crippen LogP contribution in [0.2, 0.25) is 0 Å². The summed E-state index contributed by atoms with van der Waals surface area (Å²) in [6.45, 7) is 6.35. The number of aromatic hydroxyl groups is 1. The summed E-state index contributed by atoms with van der Waals surface area (Å²) < 4.78 is 0. The van der Waals surface area contributed by atoms with Crippen LogP contribution >= 0.6 is 0 Å². The van der Waals surface area contributed by atoms with Gasteiger partial charge >= 0.3 is 0 Å². The number of phenols is 1. The molecule has 2 atom stereocenters. The molecule has 0 aliphatic heterocycles. The minimum absolute atomic E-state index is 0.101. The fraction of sp³-hybridized carbons (Fsp3) is 0.538. The molecular formula is C13H21NO2. The van der Waals surface area contributed by atoms with Crippen LogP contribution in [-0.4, -0.2) is 22.9 Å². The number of benzene rings is 1. The fourth-order valence-corrected chi connectivity index (χ4v) is 1.64. The first kappa shape index (κ1) is 13.0. The quantitative estimate of drug-likeness (QED) is 0.716. The largest absolute Gasteiger partial charge is 0.508 e. The third kappa shape index (κ3) is 3.51. The Labute approximate surface area is 97.1 Å². The lowest BCUT2D eigenvalue weighted by molar-refractivity contribution is 0.201. The number of rotatable bonds is 5. The molecule has 3 nitrogen and oxygen atoms in total. The Balaban J connectivity index is 2.64. The van der Waals surface area contributed by atoms with Crippen LogP contribution in [0, 0.1) is 5.92 Å². The number of hydrogen-bond acceptors (Lipinski definition) is 3. The Morgan fingerprint density at radius 2 is 1.69 bits per heavy atom. The van der Waals surface area contributed by atoms with E-state index in [0.29, 0.717) is 5.92 Å². The molecule has 16 heavy (non-hydrogen) atoms. The van der Waals surface area contributed by atoms with E-state index in [-0.39, 0.29) is 24.4 Å². The van der Waals surface area contributed by atoms with Gasteiger partial charge in [0.05, 0.1) is 6.61 Å². The van der Waals surface area contributed by atoms with Gasteiger partial charge in [-0.2, -0.15) is 0 Å². The second kappa shape index (κ2) is 5.87. The Morgan fingerprint density at radius 1 is 1.12 bits per heavy atom. The van der Waals surface area contributed by atoms with Crippen molar-refractivity contribution >= 4 is 0 Å². The number of hydrogen-bond donors (Lipinski definition) is 3. The molecule has 0 spiro atoms. The van der Waals surface area contributed by atoms with E-state index >= 15 is 0 Å². The summed E-state index contributed by atoms with van der Waals surface area (Å²) in [4.78, 5) is 0. The maximum atomic E-state index is 9.23. The van der Waals surface area contributed by atoms with Gasteiger partial charge in [-0.05, 0) is 30.5 Å². The maximum absolute atomic E-state index is 9.23. The van der Waals surface area contributed by atoms with Crippen molar-refractivity contribution in [3.8, 4) is 5.75 Å². The molecule has 3 heteroatoms. The monoisotopic (exact) mass is 223 g/mol. The minimum Gasteiger partial charge on any atom is -0.508 e. The predicted molar refractivity (Wildman–Crippen MR) is 65.4 cm³/mol. The molecule has 1 aromatic carbocycles. The SMILES string of the molecule is CC(N[C@H](CO)C(C)C)c1ccc(O)cc1. The maximum Gasteiger partial charge on any atom is 0.115 e. The molecule has 1 aromatic rings. The van der Waals surface area contributed by atoms with Gasteiger partial charge in [-0.3, -0.25) is 0 Å². The van der Waals surface area contributed by atoms with E-state index in [0.717, 1.165) is 5.56 Å². The van der Waals surface area contributed by atoms with Crippen LogP contribution in [0.25, 0.3) is 0 Å². The van der Waals surface area contributed by atoms with Crippen molar-refractivity contribution in [2.75, 3.05) is 6.61 Å². The molecule has 0 heterocycles. The van der Waals surface area contributed by atoms with Crippen molar-refractivity contribution in [1.82, 2.24) is 5.32 Å². The summed E-state index contributed by atoms with van der Waals surface area (Å²) >= 11 is 0. The van der Waals surface area contributed by atoms with E-state index in [1.807, 2.05) is 12.1 Å². The van der Waals surface area contributed by atoms with Gasteiger partial charge in [0.1, 0.15) is 5.75 Å². The van der Waals surface area contributed by atoms with Crippen molar-refractivity contribution < 1.29 is 10.2 Å². The Hall–Kier alpha value is -1.06. The Morgan fingerprint density at radius 3 is 2.12 bits per heavy atom. The van der Waals surface area contributed by atoms with Gasteiger partial charge in [0.15, 0.2) is 0 Å². The lowest BCUT2D eigenvalue weighted by atomic mass is 10.0. The van der Waals surface area contributed by atoms with Crippen LogP contribution in [0.5, 0.6) is 5.75 Å². The van der Waals surface area contributed by atoms with Gasteiger partial charge in [0, 0.05) is 12.1 Å². The van der Waals surface area contributed by atoms with Crippen molar-refractivity contribution in [3.63, 3.8) is 0 Å². The van der Waals surface area contributed by atoms with Crippen molar-refractivity contribution in [1.29, 1.82) is 0 Å². The molecule has 1 unspecified atom stereocenters. The third-order valence-corrected chi connectivity index (χ3v) is 2.86. The Kier molecular flexibility index (Phi) is 4.77. The zero-order valence-electron chi connectivity index (χ0n) is 10.1. The van der Waals surface area contributed by atoms with Crippen molar-refractivity contribution in [2.45, 2.75) is 32.9 Å². The van der Waals surface area contributed by atoms with Crippen molar-refractivity contribution in [2.24, 2.45) is 5.92 Å². The van der Waals surface area contributed by atoms with E-state index in [4.69, 9.17) is 0 Å². The second-order valence-corrected chi connectivity index (χ2v) is 4.51. The molecule has 0 fully saturated rings. The standard InChI is InChI=1S/C13H21NO2/c1-9(2)13(8-15)14-10(3)11-4-6-12(16)7-5-11/h4-7,9-10,13-16H,8H2,1-3H3/t10?,13-/m1/s1. The molecular weight excluding hydrogens is 202 g/mol. The average molecular weight is 223 g/mol. The van der Waals surface area contributed by atoms with Crippen LogP contribution in [0.3, 0.4) is 0 Å². The molecule has 1 rings (SSSR count). The second-order valence-electron chi connectivity index (χ2n) is 4.51. The molecule has 0 aromatic heterocycles. The number of aliphatic hydroxyl groups is 1. The number of nitrogens with one attached hydrogen (secondary N) is 1. The highest BCUT2D eigenvalue weighted by Gasteiger charge is 2.15. The molecule has 0 saturated heterocycles. The van der Waals surface area contributed by atoms with Crippen LogP contribution in [0.4, 0.5) is 0 Å². The van der Waals surface area contributed by atoms with E-state index < -0.39 is 0 Å². The van der Waals surface area contributed by atoms with E-state index in [2.05, 4.69) is 26.1 Å². The summed E-state index contributed by atoms with van der Waals surface area (Å²) in [6.07, 6.45) is 0. The zero-order chi connectivity index (χ0) is 12.1. The molecule has 0 aliphatic rings. The van der Waals surface area contributed by atoms with E-state index in [9.17, 15) is 10.2 Å². The molecule has 0 saturated carbocycles. The smallest absolute Gasteiger partial charge is 0.115 e. The van der Waals surface area contributed by atoms with Crippen LogP contribution < -0.4 is 5.32 Å². The molecule has 3 N–H and O–H groups in total. The lowest BCUT2D eigenvalue weighted by Gasteiger charge is -2.25. The van der Waals surface area contributed by atoms with Gasteiger partial charge in [-0.15, -0.1) is 0 Å². The highest BCUT2D eigenvalue weighted by atomic mass is 16.3. The highest BCUT2D eigenvalue weighted by Crippen LogP contribution is 2.17.